The van der Waals surface area contributed by atoms with E-state index in [0.717, 1.165) is 23.4 Å². The Labute approximate surface area is 380 Å². The van der Waals surface area contributed by atoms with Crippen LogP contribution in [0.1, 0.15) is 40.0 Å². The maximum atomic E-state index is 13.7. The van der Waals surface area contributed by atoms with E-state index in [0.29, 0.717) is 0 Å². The van der Waals surface area contributed by atoms with Crippen molar-refractivity contribution in [1.82, 2.24) is 46.8 Å². The van der Waals surface area contributed by atoms with Gasteiger partial charge >= 0.3 is 35.0 Å². The molecular formula is C35H50F2N14O15S. The van der Waals surface area contributed by atoms with Crippen molar-refractivity contribution in [3.05, 3.63) is 32.0 Å². The highest BCUT2D eigenvalue weighted by Gasteiger charge is 2.38. The molecule has 32 heteroatoms. The number of rotatable bonds is 23. The molecule has 0 saturated carbocycles. The lowest BCUT2D eigenvalue weighted by Gasteiger charge is -2.30. The number of hydrogen-bond donors (Lipinski definition) is 13. The average molecular weight is 977 g/mol. The van der Waals surface area contributed by atoms with Gasteiger partial charge in [-0.05, 0) is 38.7 Å². The number of aryl methyl sites for hydroxylation is 1. The van der Waals surface area contributed by atoms with E-state index in [1.54, 1.807) is 10.6 Å². The zero-order chi connectivity index (χ0) is 50.9. The van der Waals surface area contributed by atoms with Crippen molar-refractivity contribution < 1.29 is 72.4 Å². The van der Waals surface area contributed by atoms with Gasteiger partial charge in [-0.1, -0.05) is 18.7 Å². The third kappa shape index (κ3) is 17.3. The zero-order valence-electron chi connectivity index (χ0n) is 36.2. The minimum atomic E-state index is -2.67. The molecule has 1 aliphatic heterocycles. The average Bonchev–Trinajstić information content (AvgIpc) is 3.34. The highest BCUT2D eigenvalue weighted by atomic mass is 32.2. The number of carbonyl (C=O) groups excluding carboxylic acids is 4. The number of H-pyrrole nitrogens is 1. The molecule has 0 saturated heterocycles. The van der Waals surface area contributed by atoms with E-state index in [9.17, 15) is 77.2 Å². The van der Waals surface area contributed by atoms with Gasteiger partial charge in [0.05, 0.1) is 37.7 Å². The lowest BCUT2D eigenvalue weighted by molar-refractivity contribution is -0.151. The molecular weight excluding hydrogens is 927 g/mol. The van der Waals surface area contributed by atoms with Crippen LogP contribution >= 0.6 is 11.8 Å². The van der Waals surface area contributed by atoms with Gasteiger partial charge in [-0.25, -0.2) is 24.4 Å². The summed E-state index contributed by atoms with van der Waals surface area (Å²) in [7, 11) is 2.60. The van der Waals surface area contributed by atoms with Crippen LogP contribution in [-0.4, -0.2) is 169 Å². The smallest absolute Gasteiger partial charge is 0.352 e. The molecule has 0 radical (unpaired) electrons. The molecule has 2 rings (SSSR count). The maximum absolute atomic E-state index is 13.7. The Kier molecular flexibility index (Phi) is 21.8. The Bertz CT molecular complexity index is 2300. The predicted molar refractivity (Wildman–Crippen MR) is 228 cm³/mol. The number of carboxylic acids is 4. The van der Waals surface area contributed by atoms with Gasteiger partial charge in [0, 0.05) is 25.1 Å². The fourth-order valence-electron chi connectivity index (χ4n) is 6.03. The summed E-state index contributed by atoms with van der Waals surface area (Å²) in [6.07, 6.45) is -3.06. The van der Waals surface area contributed by atoms with Crippen LogP contribution in [0.25, 0.3) is 0 Å². The van der Waals surface area contributed by atoms with Crippen molar-refractivity contribution in [1.29, 1.82) is 0 Å². The maximum Gasteiger partial charge on any atom is 0.352 e. The Morgan fingerprint density at radius 2 is 1.52 bits per heavy atom. The molecule has 6 unspecified atom stereocenters. The fraction of sp³-hybridized carbons (Fsp3) is 0.543. The number of halogens is 2. The summed E-state index contributed by atoms with van der Waals surface area (Å²) in [6.45, 7) is 2.75. The van der Waals surface area contributed by atoms with Gasteiger partial charge < -0.3 is 58.0 Å². The number of aliphatic carboxylic acids is 4. The monoisotopic (exact) mass is 976 g/mol. The van der Waals surface area contributed by atoms with Crippen LogP contribution in [0.15, 0.2) is 41.0 Å². The number of carboxylic acid groups (broad SMARTS) is 4. The summed E-state index contributed by atoms with van der Waals surface area (Å²) in [6, 6.07) is -12.2. The van der Waals surface area contributed by atoms with E-state index in [-0.39, 0.29) is 48.0 Å². The molecule has 0 aliphatic carbocycles. The molecule has 0 fully saturated rings. The second kappa shape index (κ2) is 26.1. The van der Waals surface area contributed by atoms with Crippen molar-refractivity contribution in [2.75, 3.05) is 26.0 Å². The molecule has 8 atom stereocenters. The number of nitrogens with zero attached hydrogens (tertiary/aromatic N) is 5. The first-order valence-electron chi connectivity index (χ1n) is 19.4. The molecule has 2 heterocycles. The number of amides is 4. The molecule has 4 amide bonds. The third-order valence-electron chi connectivity index (χ3n) is 9.44. The molecule has 370 valence electrons. The first-order chi connectivity index (χ1) is 31.3. The third-order valence-corrected chi connectivity index (χ3v) is 10.6. The standard InChI is InChI=1S/C35H50F2N14O15S/c1-12(11-67-35-48-27(56)28(57)49-51(35)4)18(30(60)61)44-23(52)13(2)19(50-66-5)16-7-6-8-17(29(58)59)40-9-15(43-16)10-41-24(53)21(31(62)63)45-26(55)22(32(64)65)46-25(54)20(47-34(37)39)14(3)42-33(36)38/h13-14,16-17,19-22,40,50H,6-11H2,1-5H3,(H2,38,42)(H2,39,47)(H,41,53)(H,44,52)(H,45,55)(H,46,54)(H,49,57)(H,58,59)(H,60,61)(H,62,63)(H,64,65)/t13-,14?,16?,17?,19+,20?,21?,22?/m1/s1. The van der Waals surface area contributed by atoms with Gasteiger partial charge in [0.1, 0.15) is 11.7 Å². The van der Waals surface area contributed by atoms with E-state index in [4.69, 9.17) is 16.3 Å². The van der Waals surface area contributed by atoms with Crippen LogP contribution in [0.4, 0.5) is 8.78 Å². The lowest BCUT2D eigenvalue weighted by Crippen LogP contribution is -2.60. The molecule has 0 aromatic carbocycles. The number of nitrogens with two attached hydrogens (primary N) is 2. The number of aromatic amines is 1. The van der Waals surface area contributed by atoms with E-state index in [2.05, 4.69) is 46.5 Å². The second-order valence-corrected chi connectivity index (χ2v) is 15.3. The fourth-order valence-corrected chi connectivity index (χ4v) is 6.91. The molecule has 1 aromatic rings. The van der Waals surface area contributed by atoms with Crippen LogP contribution in [0.3, 0.4) is 0 Å². The summed E-state index contributed by atoms with van der Waals surface area (Å²) >= 11 is 0.882. The normalized spacial score (nSPS) is 18.9. The van der Waals surface area contributed by atoms with E-state index in [1.165, 1.54) is 28.0 Å². The molecule has 1 aromatic heterocycles. The van der Waals surface area contributed by atoms with Crippen molar-refractivity contribution in [2.24, 2.45) is 39.4 Å². The van der Waals surface area contributed by atoms with E-state index in [1.807, 2.05) is 0 Å². The number of hydroxylamine groups is 1. The number of amidine groups is 2. The van der Waals surface area contributed by atoms with E-state index >= 15 is 0 Å². The summed E-state index contributed by atoms with van der Waals surface area (Å²) in [5.41, 5.74) is 9.81. The highest BCUT2D eigenvalue weighted by molar-refractivity contribution is 7.99. The van der Waals surface area contributed by atoms with Gasteiger partial charge in [-0.2, -0.15) is 19.2 Å². The van der Waals surface area contributed by atoms with Crippen LogP contribution in [0.5, 0.6) is 0 Å². The van der Waals surface area contributed by atoms with E-state index < -0.39 is 131 Å². The summed E-state index contributed by atoms with van der Waals surface area (Å²) in [5.74, 6) is -14.0. The largest absolute Gasteiger partial charge is 0.480 e. The van der Waals surface area contributed by atoms with Crippen molar-refractivity contribution in [2.45, 2.75) is 87.5 Å². The summed E-state index contributed by atoms with van der Waals surface area (Å²) < 4.78 is 27.8. The van der Waals surface area contributed by atoms with Gasteiger partial charge in [-0.3, -0.25) is 53.7 Å². The van der Waals surface area contributed by atoms with Gasteiger partial charge in [0.25, 0.3) is 24.0 Å². The Hall–Kier alpha value is -7.19. The van der Waals surface area contributed by atoms with Crippen LogP contribution in [0, 0.1) is 5.92 Å². The van der Waals surface area contributed by atoms with Crippen LogP contribution in [-0.2, 0) is 50.2 Å². The minimum Gasteiger partial charge on any atom is -0.480 e. The first-order valence-corrected chi connectivity index (χ1v) is 20.4. The highest BCUT2D eigenvalue weighted by Crippen LogP contribution is 2.21. The predicted octanol–water partition coefficient (Wildman–Crippen LogP) is -5.19. The summed E-state index contributed by atoms with van der Waals surface area (Å²) in [5, 5.41) is 52.2. The SMILES string of the molecule is CON[C@H](C1CCCC(C(=O)O)NCC(CNC(=O)C(NC(=O)C(NC(=O)C(N=C(N)F)C(C)N=C(N)F)C(=O)O)C(=O)O)=N1)[C@@H](C)C(=O)NC(C(=O)O)=C(C)CSc1nc(=O)c(=O)[nH]n1C. The zero-order valence-corrected chi connectivity index (χ0v) is 37.0. The minimum absolute atomic E-state index is 0.0263. The van der Waals surface area contributed by atoms with Gasteiger partial charge in [0.2, 0.25) is 23.9 Å². The molecule has 29 nitrogen and oxygen atoms in total. The number of carbonyl (C=O) groups is 8. The second-order valence-electron chi connectivity index (χ2n) is 14.4. The molecule has 0 bridgehead atoms. The Morgan fingerprint density at radius 1 is 0.925 bits per heavy atom. The first kappa shape index (κ1) is 55.9. The number of thioether (sulfide) groups is 1. The van der Waals surface area contributed by atoms with Crippen LogP contribution < -0.4 is 54.6 Å². The Balaban J connectivity index is 2.41. The quantitative estimate of drug-likeness (QED) is 0.00712. The molecule has 67 heavy (non-hydrogen) atoms. The van der Waals surface area contributed by atoms with Crippen molar-refractivity contribution >= 4 is 77.2 Å². The number of aliphatic imine (C=N–C) groups is 3. The van der Waals surface area contributed by atoms with Gasteiger partial charge in [0.15, 0.2) is 11.2 Å². The number of hydrogen-bond acceptors (Lipinski definition) is 18. The van der Waals surface area contributed by atoms with Gasteiger partial charge in [-0.15, -0.1) is 0 Å². The van der Waals surface area contributed by atoms with Crippen molar-refractivity contribution in [3.8, 4) is 0 Å². The Morgan fingerprint density at radius 3 is 2.07 bits per heavy atom. The van der Waals surface area contributed by atoms with Crippen molar-refractivity contribution in [3.63, 3.8) is 0 Å². The number of aromatic nitrogens is 3. The number of nitrogens with one attached hydrogen (secondary N) is 7. The lowest BCUT2D eigenvalue weighted by atomic mass is 9.91. The van der Waals surface area contributed by atoms with Crippen LogP contribution in [0.2, 0.25) is 0 Å². The molecule has 0 spiro atoms. The topological polar surface area (TPSA) is 456 Å². The molecule has 1 aliphatic rings. The summed E-state index contributed by atoms with van der Waals surface area (Å²) in [4.78, 5) is 144. The molecule has 15 N–H and O–H groups in total.